The van der Waals surface area contributed by atoms with Crippen molar-refractivity contribution in [2.45, 2.75) is 18.7 Å². The number of rotatable bonds is 4. The summed E-state index contributed by atoms with van der Waals surface area (Å²) in [6.45, 7) is 3.71. The smallest absolute Gasteiger partial charge is 0.175 e. The molecule has 0 bridgehead atoms. The minimum atomic E-state index is -3.34. The molecular formula is C19H17ClN6O2S. The van der Waals surface area contributed by atoms with Crippen LogP contribution in [0.2, 0.25) is 5.02 Å². The number of nitrogens with one attached hydrogen (secondary N) is 2. The number of aromatic amines is 1. The van der Waals surface area contributed by atoms with Crippen molar-refractivity contribution in [3.8, 4) is 11.4 Å². The van der Waals surface area contributed by atoms with Crippen molar-refractivity contribution in [1.29, 1.82) is 0 Å². The molecular weight excluding hydrogens is 412 g/mol. The van der Waals surface area contributed by atoms with Crippen molar-refractivity contribution in [2.75, 3.05) is 11.6 Å². The number of fused-ring (bicyclic) bond motifs is 1. The second kappa shape index (κ2) is 7.09. The Morgan fingerprint density at radius 1 is 1.07 bits per heavy atom. The molecule has 4 aromatic rings. The van der Waals surface area contributed by atoms with E-state index < -0.39 is 9.84 Å². The summed E-state index contributed by atoms with van der Waals surface area (Å²) in [5.74, 6) is 2.32. The Labute approximate surface area is 172 Å². The van der Waals surface area contributed by atoms with E-state index in [1.165, 1.54) is 12.1 Å². The molecule has 0 amide bonds. The first-order valence-corrected chi connectivity index (χ1v) is 10.9. The number of hydrogen-bond donors (Lipinski definition) is 2. The summed E-state index contributed by atoms with van der Waals surface area (Å²) in [7, 11) is -3.34. The van der Waals surface area contributed by atoms with E-state index in [9.17, 15) is 8.42 Å². The fraction of sp³-hybridized carbons (Fsp3) is 0.158. The number of aryl methyl sites for hydroxylation is 2. The summed E-state index contributed by atoms with van der Waals surface area (Å²) in [6.07, 6.45) is 2.79. The van der Waals surface area contributed by atoms with E-state index in [2.05, 4.69) is 30.2 Å². The minimum absolute atomic E-state index is 0.154. The van der Waals surface area contributed by atoms with Crippen LogP contribution in [0.4, 0.5) is 11.6 Å². The van der Waals surface area contributed by atoms with Gasteiger partial charge in [0.05, 0.1) is 15.4 Å². The molecule has 29 heavy (non-hydrogen) atoms. The van der Waals surface area contributed by atoms with E-state index in [1.807, 2.05) is 19.9 Å². The molecule has 0 atom stereocenters. The highest BCUT2D eigenvalue weighted by Gasteiger charge is 2.15. The van der Waals surface area contributed by atoms with E-state index in [0.717, 1.165) is 17.5 Å². The molecule has 8 nitrogen and oxygen atoms in total. The Morgan fingerprint density at radius 3 is 2.55 bits per heavy atom. The SMILES string of the molecule is Cc1cc(Nc2nccc3[nH]c(-c4ccc(S(C)(=O)=O)cc4Cl)nc23)nc(C)n1. The van der Waals surface area contributed by atoms with Gasteiger partial charge in [0.15, 0.2) is 15.7 Å². The second-order valence-electron chi connectivity index (χ2n) is 6.62. The van der Waals surface area contributed by atoms with Gasteiger partial charge in [-0.3, -0.25) is 0 Å². The molecule has 2 N–H and O–H groups in total. The lowest BCUT2D eigenvalue weighted by Crippen LogP contribution is -2.00. The van der Waals surface area contributed by atoms with Gasteiger partial charge in [0, 0.05) is 29.8 Å². The van der Waals surface area contributed by atoms with Gasteiger partial charge >= 0.3 is 0 Å². The van der Waals surface area contributed by atoms with E-state index in [1.54, 1.807) is 18.3 Å². The van der Waals surface area contributed by atoms with Gasteiger partial charge in [0.1, 0.15) is 23.0 Å². The molecule has 0 fully saturated rings. The maximum atomic E-state index is 11.7. The van der Waals surface area contributed by atoms with Crippen molar-refractivity contribution in [2.24, 2.45) is 0 Å². The molecule has 3 aromatic heterocycles. The second-order valence-corrected chi connectivity index (χ2v) is 9.04. The van der Waals surface area contributed by atoms with E-state index in [-0.39, 0.29) is 9.92 Å². The number of H-pyrrole nitrogens is 1. The van der Waals surface area contributed by atoms with Crippen molar-refractivity contribution in [1.82, 2.24) is 24.9 Å². The van der Waals surface area contributed by atoms with Crippen LogP contribution in [-0.2, 0) is 9.84 Å². The zero-order chi connectivity index (χ0) is 20.8. The Balaban J connectivity index is 1.77. The molecule has 0 saturated carbocycles. The summed E-state index contributed by atoms with van der Waals surface area (Å²) in [6, 6.07) is 8.18. The number of sulfone groups is 1. The fourth-order valence-electron chi connectivity index (χ4n) is 2.98. The molecule has 0 saturated heterocycles. The number of aromatic nitrogens is 5. The van der Waals surface area contributed by atoms with Gasteiger partial charge in [-0.25, -0.2) is 28.4 Å². The molecule has 10 heteroatoms. The van der Waals surface area contributed by atoms with Gasteiger partial charge in [-0.1, -0.05) is 11.6 Å². The molecule has 3 heterocycles. The maximum Gasteiger partial charge on any atom is 0.175 e. The number of pyridine rings is 1. The van der Waals surface area contributed by atoms with Crippen LogP contribution >= 0.6 is 11.6 Å². The summed E-state index contributed by atoms with van der Waals surface area (Å²) in [5.41, 5.74) is 2.80. The molecule has 0 aliphatic heterocycles. The van der Waals surface area contributed by atoms with Gasteiger partial charge < -0.3 is 10.3 Å². The largest absolute Gasteiger partial charge is 0.338 e. The van der Waals surface area contributed by atoms with Crippen LogP contribution in [-0.4, -0.2) is 39.6 Å². The van der Waals surface area contributed by atoms with Crippen LogP contribution in [0.3, 0.4) is 0 Å². The minimum Gasteiger partial charge on any atom is -0.338 e. The highest BCUT2D eigenvalue weighted by atomic mass is 35.5. The number of halogens is 1. The van der Waals surface area contributed by atoms with Crippen LogP contribution < -0.4 is 5.32 Å². The van der Waals surface area contributed by atoms with Gasteiger partial charge in [0.25, 0.3) is 0 Å². The lowest BCUT2D eigenvalue weighted by atomic mass is 10.2. The topological polar surface area (TPSA) is 114 Å². The third-order valence-electron chi connectivity index (χ3n) is 4.24. The van der Waals surface area contributed by atoms with E-state index >= 15 is 0 Å². The Morgan fingerprint density at radius 2 is 1.86 bits per heavy atom. The number of hydrogen-bond acceptors (Lipinski definition) is 7. The van der Waals surface area contributed by atoms with Crippen LogP contribution in [0.15, 0.2) is 41.4 Å². The molecule has 0 aliphatic rings. The molecule has 1 aromatic carbocycles. The van der Waals surface area contributed by atoms with Crippen LogP contribution in [0, 0.1) is 13.8 Å². The van der Waals surface area contributed by atoms with E-state index in [0.29, 0.717) is 34.4 Å². The standard InChI is InChI=1S/C19H17ClN6O2S/c1-10-8-16(23-11(2)22-10)25-19-17-15(6-7-21-19)24-18(26-17)13-5-4-12(9-14(13)20)29(3,27)28/h4-9H,1-3H3,(H,24,26)(H,21,22,23,25). The predicted molar refractivity (Wildman–Crippen MR) is 112 cm³/mol. The van der Waals surface area contributed by atoms with E-state index in [4.69, 9.17) is 11.6 Å². The quantitative estimate of drug-likeness (QED) is 0.507. The summed E-state index contributed by atoms with van der Waals surface area (Å²) in [5, 5.41) is 3.47. The molecule has 0 spiro atoms. The van der Waals surface area contributed by atoms with Gasteiger partial charge in [-0.2, -0.15) is 0 Å². The summed E-state index contributed by atoms with van der Waals surface area (Å²) < 4.78 is 23.5. The number of benzene rings is 1. The first-order chi connectivity index (χ1) is 13.7. The third kappa shape index (κ3) is 3.92. The normalized spacial score (nSPS) is 11.7. The zero-order valence-corrected chi connectivity index (χ0v) is 17.4. The molecule has 0 unspecified atom stereocenters. The van der Waals surface area contributed by atoms with Crippen molar-refractivity contribution in [3.05, 3.63) is 53.1 Å². The fourth-order valence-corrected chi connectivity index (χ4v) is 3.96. The number of imidazole rings is 1. The first kappa shape index (κ1) is 19.3. The van der Waals surface area contributed by atoms with Crippen molar-refractivity contribution in [3.63, 3.8) is 0 Å². The van der Waals surface area contributed by atoms with Gasteiger partial charge in [-0.05, 0) is 38.1 Å². The average molecular weight is 429 g/mol. The lowest BCUT2D eigenvalue weighted by molar-refractivity contribution is 0.602. The Hall–Kier alpha value is -3.04. The summed E-state index contributed by atoms with van der Waals surface area (Å²) >= 11 is 6.33. The highest BCUT2D eigenvalue weighted by molar-refractivity contribution is 7.90. The van der Waals surface area contributed by atoms with Gasteiger partial charge in [0.2, 0.25) is 0 Å². The third-order valence-corrected chi connectivity index (χ3v) is 5.66. The number of anilines is 2. The summed E-state index contributed by atoms with van der Waals surface area (Å²) in [4.78, 5) is 21.0. The Kier molecular flexibility index (Phi) is 4.71. The molecule has 4 rings (SSSR count). The predicted octanol–water partition coefficient (Wildman–Crippen LogP) is 3.83. The zero-order valence-electron chi connectivity index (χ0n) is 15.9. The highest BCUT2D eigenvalue weighted by Crippen LogP contribution is 2.31. The lowest BCUT2D eigenvalue weighted by Gasteiger charge is -2.06. The Bertz CT molecular complexity index is 1330. The molecule has 0 aliphatic carbocycles. The molecule has 148 valence electrons. The molecule has 0 radical (unpaired) electrons. The van der Waals surface area contributed by atoms with Crippen LogP contribution in [0.1, 0.15) is 11.5 Å². The average Bonchev–Trinajstić information content (AvgIpc) is 3.05. The van der Waals surface area contributed by atoms with Crippen molar-refractivity contribution < 1.29 is 8.42 Å². The number of nitrogens with zero attached hydrogens (tertiary/aromatic N) is 4. The van der Waals surface area contributed by atoms with Crippen LogP contribution in [0.25, 0.3) is 22.4 Å². The first-order valence-electron chi connectivity index (χ1n) is 8.65. The van der Waals surface area contributed by atoms with Gasteiger partial charge in [-0.15, -0.1) is 0 Å². The van der Waals surface area contributed by atoms with Crippen molar-refractivity contribution >= 4 is 44.1 Å². The van der Waals surface area contributed by atoms with Crippen LogP contribution in [0.5, 0.6) is 0 Å². The monoisotopic (exact) mass is 428 g/mol. The maximum absolute atomic E-state index is 11.7.